The number of carbonyl (C=O) groups is 1. The van der Waals surface area contributed by atoms with Gasteiger partial charge < -0.3 is 21.9 Å². The lowest BCUT2D eigenvalue weighted by molar-refractivity contribution is -0.154. The Bertz CT molecular complexity index is 1110. The molecule has 0 spiro atoms. The van der Waals surface area contributed by atoms with Gasteiger partial charge in [-0.3, -0.25) is 4.79 Å². The minimum atomic E-state index is -0.326. The van der Waals surface area contributed by atoms with Crippen LogP contribution in [0.1, 0.15) is 39.9 Å². The summed E-state index contributed by atoms with van der Waals surface area (Å²) >= 11 is 26.8. The van der Waals surface area contributed by atoms with Crippen LogP contribution in [-0.2, 0) is 9.53 Å². The molecule has 43 heavy (non-hydrogen) atoms. The van der Waals surface area contributed by atoms with Crippen molar-refractivity contribution in [3.63, 3.8) is 0 Å². The fourth-order valence-corrected chi connectivity index (χ4v) is 3.10. The van der Waals surface area contributed by atoms with E-state index in [-0.39, 0.29) is 38.0 Å². The molecule has 0 bridgehead atoms. The molecule has 0 atom stereocenters. The second-order valence-electron chi connectivity index (χ2n) is 8.32. The summed E-state index contributed by atoms with van der Waals surface area (Å²) in [5, 5.41) is 0.264. The second-order valence-corrected chi connectivity index (χ2v) is 10.0. The Balaban J connectivity index is 0. The summed E-state index contributed by atoms with van der Waals surface area (Å²) in [4.78, 5) is 31.9. The number of ether oxygens (including phenoxy) is 1. The third kappa shape index (κ3) is 27.5. The third-order valence-electron chi connectivity index (χ3n) is 3.55. The number of esters is 1. The molecule has 0 saturated carbocycles. The van der Waals surface area contributed by atoms with Gasteiger partial charge in [0.05, 0.1) is 0 Å². The molecule has 0 fully saturated rings. The monoisotopic (exact) mass is 693 g/mol. The summed E-state index contributed by atoms with van der Waals surface area (Å²) in [6, 6.07) is 19.0. The van der Waals surface area contributed by atoms with Gasteiger partial charge in [0, 0.05) is 17.8 Å². The van der Waals surface area contributed by atoms with Gasteiger partial charge in [-0.05, 0) is 117 Å². The number of rotatable bonds is 1. The molecule has 0 aliphatic heterocycles. The van der Waals surface area contributed by atoms with Gasteiger partial charge in [-0.25, -0.2) is 9.97 Å². The maximum atomic E-state index is 10.6. The molecule has 236 valence electrons. The van der Waals surface area contributed by atoms with Gasteiger partial charge in [0.2, 0.25) is 26.4 Å². The van der Waals surface area contributed by atoms with Gasteiger partial charge in [0.25, 0.3) is 0 Å². The Morgan fingerprint density at radius 1 is 0.651 bits per heavy atom. The van der Waals surface area contributed by atoms with E-state index in [9.17, 15) is 4.79 Å². The van der Waals surface area contributed by atoms with Crippen molar-refractivity contribution in [1.82, 2.24) is 29.9 Å². The highest BCUT2D eigenvalue weighted by atomic mass is 35.5. The minimum Gasteiger partial charge on any atom is -0.460 e. The number of nitrogen functional groups attached to an aromatic ring is 2. The second kappa shape index (κ2) is 24.4. The predicted octanol–water partition coefficient (Wildman–Crippen LogP) is 7.17. The van der Waals surface area contributed by atoms with E-state index in [0.29, 0.717) is 12.2 Å². The lowest BCUT2D eigenvalue weighted by Gasteiger charge is -2.18. The van der Waals surface area contributed by atoms with Crippen molar-refractivity contribution < 1.29 is 9.53 Å². The average Bonchev–Trinajstić information content (AvgIpc) is 2.90. The number of nitrogens with zero attached hydrogens (tertiary/aromatic N) is 6. The number of benzene rings is 2. The molecule has 2 aromatic carbocycles. The molecule has 6 N–H and O–H groups in total. The zero-order chi connectivity index (χ0) is 33.4. The van der Waals surface area contributed by atoms with E-state index in [2.05, 4.69) is 35.6 Å². The molecule has 16 heteroatoms. The van der Waals surface area contributed by atoms with Crippen LogP contribution in [0, 0.1) is 6.92 Å². The normalized spacial score (nSPS) is 9.30. The highest BCUT2D eigenvalue weighted by Crippen LogP contribution is 2.09. The van der Waals surface area contributed by atoms with Crippen LogP contribution >= 0.6 is 58.0 Å². The number of aryl methyl sites for hydroxylation is 1. The van der Waals surface area contributed by atoms with Crippen LogP contribution in [0.2, 0.25) is 26.4 Å². The predicted molar refractivity (Wildman–Crippen MR) is 177 cm³/mol. The first-order valence-electron chi connectivity index (χ1n) is 12.3. The summed E-state index contributed by atoms with van der Waals surface area (Å²) in [6.45, 7) is 9.06. The molecule has 0 saturated heterocycles. The summed E-state index contributed by atoms with van der Waals surface area (Å²) in [5.74, 6) is 0.391. The van der Waals surface area contributed by atoms with E-state index >= 15 is 0 Å². The number of hydrogen-bond donors (Lipinski definition) is 3. The number of anilines is 2. The number of halogens is 5. The van der Waals surface area contributed by atoms with Crippen LogP contribution in [-0.4, -0.2) is 48.5 Å². The molecule has 0 aliphatic carbocycles. The fraction of sp³-hybridized carbons (Fsp3) is 0.296. The lowest BCUT2D eigenvalue weighted by Crippen LogP contribution is -2.23. The topological polar surface area (TPSA) is 182 Å². The van der Waals surface area contributed by atoms with Crippen molar-refractivity contribution in [1.29, 1.82) is 0 Å². The molecule has 0 radical (unpaired) electrons. The fourth-order valence-electron chi connectivity index (χ4n) is 2.04. The van der Waals surface area contributed by atoms with Crippen LogP contribution in [0.15, 0.2) is 60.7 Å². The molecule has 2 heterocycles. The average molecular weight is 696 g/mol. The number of aromatic nitrogens is 6. The number of carbonyl (C=O) groups excluding carboxylic acids is 1. The van der Waals surface area contributed by atoms with Gasteiger partial charge in [-0.1, -0.05) is 43.3 Å². The first kappa shape index (κ1) is 42.1. The molecule has 2 aromatic heterocycles. The van der Waals surface area contributed by atoms with Gasteiger partial charge in [-0.2, -0.15) is 19.9 Å². The lowest BCUT2D eigenvalue weighted by atomic mass is 10.2. The number of nitrogens with two attached hydrogens (primary N) is 3. The van der Waals surface area contributed by atoms with E-state index < -0.39 is 0 Å². The maximum Gasteiger partial charge on any atom is 0.306 e. The van der Waals surface area contributed by atoms with Gasteiger partial charge in [0.15, 0.2) is 0 Å². The van der Waals surface area contributed by atoms with Crippen LogP contribution in [0.5, 0.6) is 0 Å². The maximum absolute atomic E-state index is 10.6. The van der Waals surface area contributed by atoms with Gasteiger partial charge in [0.1, 0.15) is 11.4 Å². The van der Waals surface area contributed by atoms with Crippen LogP contribution < -0.4 is 17.2 Å². The smallest absolute Gasteiger partial charge is 0.306 e. The minimum absolute atomic E-state index is 0.000000000000000444. The molecule has 0 unspecified atom stereocenters. The Hall–Kier alpha value is -3.06. The summed E-state index contributed by atoms with van der Waals surface area (Å²) < 4.78 is 4.95. The molecular weight excluding hydrogens is 660 g/mol. The van der Waals surface area contributed by atoms with Crippen molar-refractivity contribution in [2.24, 2.45) is 5.73 Å². The summed E-state index contributed by atoms with van der Waals surface area (Å²) in [6.07, 6.45) is 0.456. The van der Waals surface area contributed by atoms with Crippen molar-refractivity contribution in [2.75, 3.05) is 18.5 Å². The van der Waals surface area contributed by atoms with Crippen LogP contribution in [0.25, 0.3) is 0 Å². The summed E-state index contributed by atoms with van der Waals surface area (Å²) in [7, 11) is 1.50. The molecule has 0 aliphatic rings. The summed E-state index contributed by atoms with van der Waals surface area (Å²) in [5.41, 5.74) is 16.5. The Morgan fingerprint density at radius 2 is 0.930 bits per heavy atom. The van der Waals surface area contributed by atoms with Crippen molar-refractivity contribution in [3.05, 3.63) is 92.9 Å². The quantitative estimate of drug-likeness (QED) is 0.136. The van der Waals surface area contributed by atoms with E-state index in [1.807, 2.05) is 81.4 Å². The zero-order valence-electron chi connectivity index (χ0n) is 24.6. The molecular formula is C27H36Cl5N9O2. The number of para-hydroxylation sites is 2. The van der Waals surface area contributed by atoms with E-state index in [0.717, 1.165) is 11.4 Å². The van der Waals surface area contributed by atoms with Crippen LogP contribution in [0.3, 0.4) is 0 Å². The molecule has 4 aromatic rings. The van der Waals surface area contributed by atoms with Gasteiger partial charge >= 0.3 is 5.97 Å². The molecule has 4 rings (SSSR count). The highest BCUT2D eigenvalue weighted by Gasteiger charge is 2.13. The van der Waals surface area contributed by atoms with Crippen molar-refractivity contribution in [3.8, 4) is 0 Å². The number of hydrogen-bond acceptors (Lipinski definition) is 11. The largest absolute Gasteiger partial charge is 0.460 e. The highest BCUT2D eigenvalue weighted by molar-refractivity contribution is 6.33. The first-order valence-corrected chi connectivity index (χ1v) is 14.2. The van der Waals surface area contributed by atoms with Crippen molar-refractivity contribution >= 4 is 75.3 Å². The van der Waals surface area contributed by atoms with E-state index in [1.165, 1.54) is 7.05 Å². The molecule has 11 nitrogen and oxygen atoms in total. The SMILES string of the molecule is CCC(=O)OC(C)(C)C.CN.Cc1nc(Cl)nc(Cl)n1.Clc1nc(Cl)nc(Cl)n1.Nc1ccccc1.Nc1ccccc1. The Kier molecular flexibility index (Phi) is 23.9. The van der Waals surface area contributed by atoms with Gasteiger partial charge in [-0.15, -0.1) is 0 Å². The first-order chi connectivity index (χ1) is 20.1. The van der Waals surface area contributed by atoms with Crippen molar-refractivity contribution in [2.45, 2.75) is 46.6 Å². The Labute approximate surface area is 277 Å². The third-order valence-corrected chi connectivity index (χ3v) is 4.40. The van der Waals surface area contributed by atoms with E-state index in [4.69, 9.17) is 74.2 Å². The zero-order valence-corrected chi connectivity index (χ0v) is 28.4. The van der Waals surface area contributed by atoms with E-state index in [1.54, 1.807) is 13.8 Å². The van der Waals surface area contributed by atoms with Crippen LogP contribution in [0.4, 0.5) is 11.4 Å². The molecule has 0 amide bonds. The standard InChI is InChI=1S/C7H14O2.2C6H7N.C4H3Cl2N3.C3Cl3N3.CH5N/c1-5-6(8)9-7(2,3)4;2*7-6-4-2-1-3-5-6;1-2-7-3(5)9-4(6)8-2;4-1-7-2(5)9-3(6)8-1;1-2/h5H2,1-4H3;2*1-5H,7H2;1H3;;2H2,1H3. The Morgan fingerprint density at radius 3 is 1.09 bits per heavy atom.